The van der Waals surface area contributed by atoms with Crippen LogP contribution in [0.2, 0.25) is 0 Å². The van der Waals surface area contributed by atoms with Gasteiger partial charge in [-0.2, -0.15) is 0 Å². The SMILES string of the molecule is COc1cccc(Nc2nc(C(=O)N(CCC(=O)NC(C)C)Cc3ccccc3)cs2)c1. The molecule has 168 valence electrons. The van der Waals surface area contributed by atoms with Crippen LogP contribution in [0, 0.1) is 0 Å². The zero-order valence-electron chi connectivity index (χ0n) is 18.5. The zero-order valence-corrected chi connectivity index (χ0v) is 19.3. The summed E-state index contributed by atoms with van der Waals surface area (Å²) >= 11 is 1.35. The number of carbonyl (C=O) groups excluding carboxylic acids is 2. The van der Waals surface area contributed by atoms with Gasteiger partial charge < -0.3 is 20.3 Å². The molecule has 0 saturated heterocycles. The average Bonchev–Trinajstić information content (AvgIpc) is 3.25. The van der Waals surface area contributed by atoms with E-state index in [1.165, 1.54) is 11.3 Å². The molecule has 0 atom stereocenters. The Morgan fingerprint density at radius 1 is 1.12 bits per heavy atom. The van der Waals surface area contributed by atoms with Crippen LogP contribution in [0.3, 0.4) is 0 Å². The Labute approximate surface area is 192 Å². The molecule has 0 aliphatic rings. The number of benzene rings is 2. The van der Waals surface area contributed by atoms with Gasteiger partial charge in [0.15, 0.2) is 5.13 Å². The number of aromatic nitrogens is 1. The molecule has 8 heteroatoms. The van der Waals surface area contributed by atoms with Crippen molar-refractivity contribution in [3.8, 4) is 5.75 Å². The molecule has 1 aromatic heterocycles. The minimum Gasteiger partial charge on any atom is -0.497 e. The molecule has 0 aliphatic heterocycles. The summed E-state index contributed by atoms with van der Waals surface area (Å²) in [4.78, 5) is 31.5. The van der Waals surface area contributed by atoms with E-state index in [9.17, 15) is 9.59 Å². The number of nitrogens with zero attached hydrogens (tertiary/aromatic N) is 2. The summed E-state index contributed by atoms with van der Waals surface area (Å²) in [6.45, 7) is 4.54. The Morgan fingerprint density at radius 2 is 1.91 bits per heavy atom. The van der Waals surface area contributed by atoms with Gasteiger partial charge >= 0.3 is 0 Å². The highest BCUT2D eigenvalue weighted by atomic mass is 32.1. The second-order valence-electron chi connectivity index (χ2n) is 7.58. The van der Waals surface area contributed by atoms with E-state index in [4.69, 9.17) is 4.74 Å². The minimum atomic E-state index is -0.207. The van der Waals surface area contributed by atoms with Crippen LogP contribution in [-0.2, 0) is 11.3 Å². The van der Waals surface area contributed by atoms with Crippen molar-refractivity contribution in [3.63, 3.8) is 0 Å². The third-order valence-electron chi connectivity index (χ3n) is 4.61. The van der Waals surface area contributed by atoms with Gasteiger partial charge in [0.25, 0.3) is 5.91 Å². The first-order chi connectivity index (χ1) is 15.4. The van der Waals surface area contributed by atoms with Crippen molar-refractivity contribution >= 4 is 34.0 Å². The fourth-order valence-electron chi connectivity index (χ4n) is 3.10. The summed E-state index contributed by atoms with van der Waals surface area (Å²) in [6.07, 6.45) is 0.232. The maximum absolute atomic E-state index is 13.2. The number of hydrogen-bond acceptors (Lipinski definition) is 6. The van der Waals surface area contributed by atoms with Gasteiger partial charge in [-0.1, -0.05) is 36.4 Å². The molecule has 0 fully saturated rings. The number of thiazole rings is 1. The summed E-state index contributed by atoms with van der Waals surface area (Å²) in [5.41, 5.74) is 2.17. The van der Waals surface area contributed by atoms with Gasteiger partial charge in [-0.25, -0.2) is 4.98 Å². The molecule has 1 heterocycles. The molecule has 3 aromatic rings. The number of carbonyl (C=O) groups is 2. The highest BCUT2D eigenvalue weighted by molar-refractivity contribution is 7.14. The molecule has 2 amide bonds. The summed E-state index contributed by atoms with van der Waals surface area (Å²) in [7, 11) is 1.61. The molecule has 0 aliphatic carbocycles. The Hall–Kier alpha value is -3.39. The van der Waals surface area contributed by atoms with E-state index in [1.807, 2.05) is 68.4 Å². The molecular weight excluding hydrogens is 424 g/mol. The van der Waals surface area contributed by atoms with E-state index in [2.05, 4.69) is 15.6 Å². The van der Waals surface area contributed by atoms with Crippen molar-refractivity contribution in [2.45, 2.75) is 32.9 Å². The number of anilines is 2. The van der Waals surface area contributed by atoms with Crippen molar-refractivity contribution < 1.29 is 14.3 Å². The number of hydrogen-bond donors (Lipinski definition) is 2. The third kappa shape index (κ3) is 6.81. The molecule has 0 radical (unpaired) electrons. The molecule has 0 spiro atoms. The molecule has 32 heavy (non-hydrogen) atoms. The van der Waals surface area contributed by atoms with Crippen LogP contribution in [0.25, 0.3) is 0 Å². The number of nitrogens with one attached hydrogen (secondary N) is 2. The fraction of sp³-hybridized carbons (Fsp3) is 0.292. The Morgan fingerprint density at radius 3 is 2.62 bits per heavy atom. The molecule has 2 N–H and O–H groups in total. The summed E-state index contributed by atoms with van der Waals surface area (Å²) in [5, 5.41) is 8.42. The average molecular weight is 453 g/mol. The second-order valence-corrected chi connectivity index (χ2v) is 8.44. The predicted molar refractivity (Wildman–Crippen MR) is 127 cm³/mol. The van der Waals surface area contributed by atoms with E-state index < -0.39 is 0 Å². The van der Waals surface area contributed by atoms with Crippen LogP contribution in [0.5, 0.6) is 5.75 Å². The topological polar surface area (TPSA) is 83.6 Å². The second kappa shape index (κ2) is 11.3. The van der Waals surface area contributed by atoms with Gasteiger partial charge in [0.05, 0.1) is 7.11 Å². The van der Waals surface area contributed by atoms with E-state index in [0.717, 1.165) is 17.0 Å². The lowest BCUT2D eigenvalue weighted by molar-refractivity contribution is -0.121. The Balaban J connectivity index is 1.72. The van der Waals surface area contributed by atoms with Crippen molar-refractivity contribution in [2.75, 3.05) is 19.0 Å². The highest BCUT2D eigenvalue weighted by Gasteiger charge is 2.20. The van der Waals surface area contributed by atoms with Crippen LogP contribution >= 0.6 is 11.3 Å². The standard InChI is InChI=1S/C24H28N4O3S/c1-17(2)25-22(29)12-13-28(15-18-8-5-4-6-9-18)23(30)21-16-32-24(27-21)26-19-10-7-11-20(14-19)31-3/h4-11,14,16-17H,12-13,15H2,1-3H3,(H,25,29)(H,26,27). The van der Waals surface area contributed by atoms with Crippen LogP contribution in [0.1, 0.15) is 36.3 Å². The van der Waals surface area contributed by atoms with Gasteiger partial charge in [0.2, 0.25) is 5.91 Å². The summed E-state index contributed by atoms with van der Waals surface area (Å²) < 4.78 is 5.24. The van der Waals surface area contributed by atoms with Gasteiger partial charge in [-0.05, 0) is 31.5 Å². The van der Waals surface area contributed by atoms with E-state index in [-0.39, 0.29) is 24.3 Å². The van der Waals surface area contributed by atoms with Gasteiger partial charge in [-0.3, -0.25) is 9.59 Å². The van der Waals surface area contributed by atoms with Crippen LogP contribution in [-0.4, -0.2) is 41.4 Å². The lowest BCUT2D eigenvalue weighted by Gasteiger charge is -2.22. The molecule has 7 nitrogen and oxygen atoms in total. The molecule has 3 rings (SSSR count). The van der Waals surface area contributed by atoms with E-state index in [0.29, 0.717) is 23.9 Å². The third-order valence-corrected chi connectivity index (χ3v) is 5.36. The normalized spacial score (nSPS) is 10.6. The molecule has 2 aromatic carbocycles. The number of rotatable bonds is 10. The number of methoxy groups -OCH3 is 1. The minimum absolute atomic E-state index is 0.0598. The first-order valence-corrected chi connectivity index (χ1v) is 11.3. The van der Waals surface area contributed by atoms with E-state index in [1.54, 1.807) is 17.4 Å². The Bertz CT molecular complexity index is 1040. The largest absolute Gasteiger partial charge is 0.497 e. The lowest BCUT2D eigenvalue weighted by atomic mass is 10.2. The quantitative estimate of drug-likeness (QED) is 0.475. The van der Waals surface area contributed by atoms with Crippen LogP contribution < -0.4 is 15.4 Å². The maximum Gasteiger partial charge on any atom is 0.273 e. The number of amides is 2. The number of ether oxygens (including phenoxy) is 1. The first-order valence-electron chi connectivity index (χ1n) is 10.4. The summed E-state index contributed by atoms with van der Waals surface area (Å²) in [5.74, 6) is 0.447. The Kier molecular flexibility index (Phi) is 8.21. The van der Waals surface area contributed by atoms with E-state index >= 15 is 0 Å². The van der Waals surface area contributed by atoms with Crippen molar-refractivity contribution in [3.05, 3.63) is 71.2 Å². The van der Waals surface area contributed by atoms with Gasteiger partial charge in [-0.15, -0.1) is 11.3 Å². The monoisotopic (exact) mass is 452 g/mol. The van der Waals surface area contributed by atoms with Crippen molar-refractivity contribution in [1.82, 2.24) is 15.2 Å². The predicted octanol–water partition coefficient (Wildman–Crippen LogP) is 4.45. The fourth-order valence-corrected chi connectivity index (χ4v) is 3.81. The molecule has 0 saturated carbocycles. The molecule has 0 unspecified atom stereocenters. The smallest absolute Gasteiger partial charge is 0.273 e. The molecule has 0 bridgehead atoms. The zero-order chi connectivity index (χ0) is 22.9. The van der Waals surface area contributed by atoms with Crippen LogP contribution in [0.4, 0.5) is 10.8 Å². The maximum atomic E-state index is 13.2. The molecular formula is C24H28N4O3S. The first kappa shape index (κ1) is 23.3. The lowest BCUT2D eigenvalue weighted by Crippen LogP contribution is -2.36. The van der Waals surface area contributed by atoms with Gasteiger partial charge in [0, 0.05) is 42.7 Å². The van der Waals surface area contributed by atoms with Gasteiger partial charge in [0.1, 0.15) is 11.4 Å². The highest BCUT2D eigenvalue weighted by Crippen LogP contribution is 2.24. The van der Waals surface area contributed by atoms with Crippen LogP contribution in [0.15, 0.2) is 60.0 Å². The van der Waals surface area contributed by atoms with Crippen molar-refractivity contribution in [2.24, 2.45) is 0 Å². The van der Waals surface area contributed by atoms with Crippen molar-refractivity contribution in [1.29, 1.82) is 0 Å². The summed E-state index contributed by atoms with van der Waals surface area (Å²) in [6, 6.07) is 17.3.